The Labute approximate surface area is 235 Å². The summed E-state index contributed by atoms with van der Waals surface area (Å²) in [6, 6.07) is 6.58. The van der Waals surface area contributed by atoms with Crippen LogP contribution in [0, 0.1) is 12.8 Å². The molecule has 12 heteroatoms. The number of alkyl halides is 3. The Bertz CT molecular complexity index is 1510. The predicted molar refractivity (Wildman–Crippen MR) is 144 cm³/mol. The van der Waals surface area contributed by atoms with E-state index in [4.69, 9.17) is 4.74 Å². The van der Waals surface area contributed by atoms with E-state index < -0.39 is 47.4 Å². The van der Waals surface area contributed by atoms with Gasteiger partial charge in [-0.3, -0.25) is 9.59 Å². The maximum atomic E-state index is 14.4. The summed E-state index contributed by atoms with van der Waals surface area (Å²) in [5, 5.41) is 4.54. The number of fused-ring (bicyclic) bond motifs is 3. The minimum Gasteiger partial charge on any atom is -0.443 e. The van der Waals surface area contributed by atoms with Crippen molar-refractivity contribution in [1.29, 1.82) is 0 Å². The Morgan fingerprint density at radius 2 is 1.80 bits per heavy atom. The maximum absolute atomic E-state index is 14.4. The Hall–Kier alpha value is -3.96. The zero-order valence-electron chi connectivity index (χ0n) is 23.5. The van der Waals surface area contributed by atoms with Crippen molar-refractivity contribution in [3.8, 4) is 0 Å². The van der Waals surface area contributed by atoms with Crippen LogP contribution in [0.3, 0.4) is 0 Å². The Morgan fingerprint density at radius 3 is 2.41 bits per heavy atom. The van der Waals surface area contributed by atoms with E-state index in [1.807, 2.05) is 22.4 Å². The van der Waals surface area contributed by atoms with Crippen LogP contribution < -0.4 is 4.90 Å². The molecule has 5 rings (SSSR count). The third kappa shape index (κ3) is 5.39. The average molecular weight is 572 g/mol. The molecule has 1 aromatic carbocycles. The van der Waals surface area contributed by atoms with Crippen LogP contribution in [0.2, 0.25) is 0 Å². The number of rotatable bonds is 5. The van der Waals surface area contributed by atoms with Crippen molar-refractivity contribution in [2.24, 2.45) is 5.92 Å². The van der Waals surface area contributed by atoms with Gasteiger partial charge in [0.15, 0.2) is 11.4 Å². The van der Waals surface area contributed by atoms with Crippen molar-refractivity contribution in [1.82, 2.24) is 19.5 Å². The molecule has 0 N–H and O–H groups in total. The van der Waals surface area contributed by atoms with Crippen molar-refractivity contribution < 1.29 is 32.3 Å². The molecule has 0 bridgehead atoms. The summed E-state index contributed by atoms with van der Waals surface area (Å²) in [5.41, 5.74) is 3.09. The van der Waals surface area contributed by atoms with Gasteiger partial charge in [0, 0.05) is 24.2 Å². The van der Waals surface area contributed by atoms with Gasteiger partial charge in [-0.05, 0) is 58.2 Å². The highest BCUT2D eigenvalue weighted by Gasteiger charge is 2.53. The molecule has 1 fully saturated rings. The molecule has 2 aromatic heterocycles. The Balaban J connectivity index is 1.39. The second-order valence-electron chi connectivity index (χ2n) is 11.7. The average Bonchev–Trinajstić information content (AvgIpc) is 3.25. The molecule has 0 spiro atoms. The summed E-state index contributed by atoms with van der Waals surface area (Å²) >= 11 is 0. The van der Waals surface area contributed by atoms with Crippen LogP contribution in [-0.2, 0) is 20.7 Å². The number of carbonyl (C=O) groups excluding carboxylic acids is 3. The van der Waals surface area contributed by atoms with Gasteiger partial charge in [-0.25, -0.2) is 19.2 Å². The smallest absolute Gasteiger partial charge is 0.417 e. The topological polar surface area (TPSA) is 97.1 Å². The highest BCUT2D eigenvalue weighted by molar-refractivity contribution is 6.07. The van der Waals surface area contributed by atoms with Crippen LogP contribution in [0.25, 0.3) is 5.65 Å². The zero-order chi connectivity index (χ0) is 29.9. The number of ketones is 1. The van der Waals surface area contributed by atoms with Gasteiger partial charge in [0.1, 0.15) is 11.6 Å². The van der Waals surface area contributed by atoms with Crippen LogP contribution in [0.5, 0.6) is 0 Å². The van der Waals surface area contributed by atoms with Gasteiger partial charge < -0.3 is 9.64 Å². The summed E-state index contributed by atoms with van der Waals surface area (Å²) in [7, 11) is 0. The SMILES string of the molecule is Cc1cc2ncc3c(n2n1)CCCN3c1ccc([C@H](C(C)C(=O)[C@H]2CC(=O)N2C(=O)OC(C)(C)C)C(F)(F)F)cc1. The first-order valence-electron chi connectivity index (χ1n) is 13.5. The second kappa shape index (κ2) is 10.1. The fourth-order valence-corrected chi connectivity index (χ4v) is 5.61. The fourth-order valence-electron chi connectivity index (χ4n) is 5.61. The number of amides is 2. The number of aryl methyl sites for hydroxylation is 2. The quantitative estimate of drug-likeness (QED) is 0.373. The van der Waals surface area contributed by atoms with Gasteiger partial charge in [0.05, 0.1) is 35.6 Å². The number of benzene rings is 1. The number of hydrogen-bond acceptors (Lipinski definition) is 7. The number of aromatic nitrogens is 3. The summed E-state index contributed by atoms with van der Waals surface area (Å²) in [5.74, 6) is -5.16. The predicted octanol–water partition coefficient (Wildman–Crippen LogP) is 5.51. The number of imide groups is 1. The molecule has 0 saturated carbocycles. The number of β-lactam (4-membered cyclic amide) rings is 1. The number of Topliss-reactive ketones (excluding diaryl/α,β-unsaturated/α-hetero) is 1. The van der Waals surface area contributed by atoms with Gasteiger partial charge in [-0.2, -0.15) is 18.3 Å². The lowest BCUT2D eigenvalue weighted by Gasteiger charge is -2.40. The number of nitrogens with zero attached hydrogens (tertiary/aromatic N) is 5. The lowest BCUT2D eigenvalue weighted by Crippen LogP contribution is -2.61. The Morgan fingerprint density at radius 1 is 1.12 bits per heavy atom. The van der Waals surface area contributed by atoms with Crippen molar-refractivity contribution in [3.05, 3.63) is 53.5 Å². The van der Waals surface area contributed by atoms with Gasteiger partial charge in [0.25, 0.3) is 0 Å². The first-order valence-corrected chi connectivity index (χ1v) is 13.5. The zero-order valence-corrected chi connectivity index (χ0v) is 23.5. The summed E-state index contributed by atoms with van der Waals surface area (Å²) in [6.07, 6.45) is -2.73. The van der Waals surface area contributed by atoms with E-state index in [1.165, 1.54) is 19.1 Å². The molecule has 218 valence electrons. The van der Waals surface area contributed by atoms with Crippen molar-refractivity contribution in [2.75, 3.05) is 11.4 Å². The van der Waals surface area contributed by atoms with E-state index in [-0.39, 0.29) is 12.0 Å². The molecule has 41 heavy (non-hydrogen) atoms. The minimum atomic E-state index is -4.74. The molecule has 2 aliphatic heterocycles. The lowest BCUT2D eigenvalue weighted by atomic mass is 9.79. The molecule has 0 radical (unpaired) electrons. The normalized spacial score (nSPS) is 19.0. The molecule has 2 amide bonds. The number of hydrogen-bond donors (Lipinski definition) is 0. The number of carbonyl (C=O) groups is 3. The third-order valence-electron chi connectivity index (χ3n) is 7.50. The molecule has 1 unspecified atom stereocenters. The standard InChI is InChI=1S/C29H32F3N5O4/c1-16-13-23-33-15-22-20(37(23)34-16)7-6-12-35(22)19-10-8-18(9-11-19)25(29(30,31)32)17(2)26(39)21-14-24(38)36(21)27(40)41-28(3,4)5/h8-11,13,15,17,21,25H,6-7,12,14H2,1-5H3/t17?,21-,25+/m1/s1. The summed E-state index contributed by atoms with van der Waals surface area (Å²) in [6.45, 7) is 8.52. The van der Waals surface area contributed by atoms with Crippen LogP contribution in [0.15, 0.2) is 36.5 Å². The highest BCUT2D eigenvalue weighted by Crippen LogP contribution is 2.43. The number of anilines is 2. The van der Waals surface area contributed by atoms with Gasteiger partial charge >= 0.3 is 12.3 Å². The monoisotopic (exact) mass is 571 g/mol. The first kappa shape index (κ1) is 28.6. The molecule has 0 aliphatic carbocycles. The maximum Gasteiger partial charge on any atom is 0.417 e. The number of ether oxygens (including phenoxy) is 1. The van der Waals surface area contributed by atoms with Crippen molar-refractivity contribution >= 4 is 34.8 Å². The van der Waals surface area contributed by atoms with Crippen LogP contribution >= 0.6 is 0 Å². The van der Waals surface area contributed by atoms with E-state index in [2.05, 4.69) is 10.1 Å². The van der Waals surface area contributed by atoms with Gasteiger partial charge in [0.2, 0.25) is 5.91 Å². The minimum absolute atomic E-state index is 0.0786. The van der Waals surface area contributed by atoms with E-state index in [9.17, 15) is 27.6 Å². The van der Waals surface area contributed by atoms with Crippen LogP contribution in [0.4, 0.5) is 29.3 Å². The van der Waals surface area contributed by atoms with E-state index in [1.54, 1.807) is 39.1 Å². The first-order chi connectivity index (χ1) is 19.2. The van der Waals surface area contributed by atoms with Crippen molar-refractivity contribution in [2.45, 2.75) is 77.6 Å². The molecule has 9 nitrogen and oxygen atoms in total. The Kier molecular flexibility index (Phi) is 7.07. The van der Waals surface area contributed by atoms with E-state index in [0.717, 1.165) is 35.6 Å². The molecule has 4 heterocycles. The van der Waals surface area contributed by atoms with E-state index in [0.29, 0.717) is 17.1 Å². The second-order valence-corrected chi connectivity index (χ2v) is 11.7. The highest BCUT2D eigenvalue weighted by atomic mass is 19.4. The fraction of sp³-hybridized carbons (Fsp3) is 0.483. The molecule has 1 saturated heterocycles. The number of likely N-dealkylation sites (tertiary alicyclic amines) is 1. The van der Waals surface area contributed by atoms with Gasteiger partial charge in [-0.1, -0.05) is 19.1 Å². The van der Waals surface area contributed by atoms with Crippen LogP contribution in [-0.4, -0.2) is 61.6 Å². The lowest BCUT2D eigenvalue weighted by molar-refractivity contribution is -0.170. The number of halogens is 3. The molecular weight excluding hydrogens is 539 g/mol. The van der Waals surface area contributed by atoms with Gasteiger partial charge in [-0.15, -0.1) is 0 Å². The largest absolute Gasteiger partial charge is 0.443 e. The summed E-state index contributed by atoms with van der Waals surface area (Å²) in [4.78, 5) is 45.0. The summed E-state index contributed by atoms with van der Waals surface area (Å²) < 4.78 is 50.2. The van der Waals surface area contributed by atoms with Crippen LogP contribution in [0.1, 0.15) is 63.4 Å². The van der Waals surface area contributed by atoms with E-state index >= 15 is 0 Å². The molecule has 3 atom stereocenters. The molecule has 2 aliphatic rings. The third-order valence-corrected chi connectivity index (χ3v) is 7.50. The molecular formula is C29H32F3N5O4. The van der Waals surface area contributed by atoms with Crippen molar-refractivity contribution in [3.63, 3.8) is 0 Å². The molecule has 3 aromatic rings.